The molecule has 1 heterocycles. The van der Waals surface area contributed by atoms with Crippen molar-refractivity contribution < 1.29 is 9.47 Å². The van der Waals surface area contributed by atoms with E-state index in [1.54, 1.807) is 0 Å². The van der Waals surface area contributed by atoms with Crippen LogP contribution >= 0.6 is 9.24 Å². The van der Waals surface area contributed by atoms with Gasteiger partial charge in [-0.3, -0.25) is 0 Å². The molecule has 0 bridgehead atoms. The molecule has 4 heteroatoms. The van der Waals surface area contributed by atoms with E-state index in [2.05, 4.69) is 20.7 Å². The monoisotopic (exact) mass is 307 g/mol. The summed E-state index contributed by atoms with van der Waals surface area (Å²) in [5.74, 6) is 1.72. The second-order valence-corrected chi connectivity index (χ2v) is 7.15. The van der Waals surface area contributed by atoms with Crippen molar-refractivity contribution in [2.45, 2.75) is 45.3 Å². The molecule has 1 aromatic carbocycles. The fourth-order valence-corrected chi connectivity index (χ4v) is 2.57. The summed E-state index contributed by atoms with van der Waals surface area (Å²) in [6.45, 7) is 12.0. The Labute approximate surface area is 130 Å². The highest BCUT2D eigenvalue weighted by Gasteiger charge is 2.24. The first-order valence-electron chi connectivity index (χ1n) is 7.48. The van der Waals surface area contributed by atoms with Gasteiger partial charge in [-0.25, -0.2) is 0 Å². The number of nitrogens with zero attached hydrogens (tertiary/aromatic N) is 1. The standard InChI is InChI=1S/C17H26NO2P/c1-13(20-17(2,3)4)18-11-9-15(10-12-18)19-14-5-7-16(21)8-6-14/h5-8,15H,1,9-12,21H2,2-4H3. The predicted molar refractivity (Wildman–Crippen MR) is 91.0 cm³/mol. The maximum Gasteiger partial charge on any atom is 0.182 e. The summed E-state index contributed by atoms with van der Waals surface area (Å²) in [6, 6.07) is 8.15. The third kappa shape index (κ3) is 5.24. The largest absolute Gasteiger partial charge is 0.490 e. The smallest absolute Gasteiger partial charge is 0.182 e. The Morgan fingerprint density at radius 2 is 1.76 bits per heavy atom. The van der Waals surface area contributed by atoms with Gasteiger partial charge in [0.1, 0.15) is 17.5 Å². The highest BCUT2D eigenvalue weighted by Crippen LogP contribution is 2.23. The van der Waals surface area contributed by atoms with E-state index in [1.807, 2.05) is 45.0 Å². The molecule has 0 aromatic heterocycles. The second kappa shape index (κ2) is 6.70. The summed E-state index contributed by atoms with van der Waals surface area (Å²) in [4.78, 5) is 2.21. The second-order valence-electron chi connectivity index (χ2n) is 6.48. The van der Waals surface area contributed by atoms with Crippen molar-refractivity contribution in [2.75, 3.05) is 13.1 Å². The van der Waals surface area contributed by atoms with Gasteiger partial charge in [-0.1, -0.05) is 12.1 Å². The Morgan fingerprint density at radius 3 is 2.29 bits per heavy atom. The SMILES string of the molecule is C=C(OC(C)(C)C)N1CCC(Oc2ccc(P)cc2)CC1. The van der Waals surface area contributed by atoms with Crippen molar-refractivity contribution in [3.63, 3.8) is 0 Å². The molecular weight excluding hydrogens is 281 g/mol. The third-order valence-electron chi connectivity index (χ3n) is 3.40. The van der Waals surface area contributed by atoms with Crippen LogP contribution in [0.2, 0.25) is 0 Å². The van der Waals surface area contributed by atoms with E-state index in [0.717, 1.165) is 37.6 Å². The summed E-state index contributed by atoms with van der Waals surface area (Å²) < 4.78 is 11.9. The van der Waals surface area contributed by atoms with E-state index in [9.17, 15) is 0 Å². The lowest BCUT2D eigenvalue weighted by molar-refractivity contribution is -0.0114. The number of hydrogen-bond acceptors (Lipinski definition) is 3. The molecule has 0 spiro atoms. The summed E-state index contributed by atoms with van der Waals surface area (Å²) in [7, 11) is 2.68. The molecule has 1 aliphatic rings. The molecule has 2 rings (SSSR count). The van der Waals surface area contributed by atoms with Crippen molar-refractivity contribution in [1.29, 1.82) is 0 Å². The molecule has 1 aromatic rings. The zero-order chi connectivity index (χ0) is 15.5. The average Bonchev–Trinajstić information content (AvgIpc) is 2.40. The van der Waals surface area contributed by atoms with E-state index in [1.165, 1.54) is 5.30 Å². The first-order valence-corrected chi connectivity index (χ1v) is 8.06. The van der Waals surface area contributed by atoms with Gasteiger partial charge >= 0.3 is 0 Å². The number of benzene rings is 1. The van der Waals surface area contributed by atoms with Gasteiger partial charge in [0.2, 0.25) is 0 Å². The Bertz CT molecular complexity index is 471. The van der Waals surface area contributed by atoms with Crippen molar-refractivity contribution in [3.05, 3.63) is 36.7 Å². The van der Waals surface area contributed by atoms with Crippen LogP contribution < -0.4 is 10.0 Å². The molecule has 1 aliphatic heterocycles. The lowest BCUT2D eigenvalue weighted by atomic mass is 10.1. The molecule has 1 unspecified atom stereocenters. The first kappa shape index (κ1) is 16.2. The van der Waals surface area contributed by atoms with Gasteiger partial charge in [0, 0.05) is 25.9 Å². The van der Waals surface area contributed by atoms with Crippen molar-refractivity contribution >= 4 is 14.5 Å². The van der Waals surface area contributed by atoms with Crippen LogP contribution in [0.4, 0.5) is 0 Å². The molecule has 0 saturated carbocycles. The normalized spacial score (nSPS) is 16.7. The number of piperidine rings is 1. The number of ether oxygens (including phenoxy) is 2. The lowest BCUT2D eigenvalue weighted by Crippen LogP contribution is -2.39. The molecule has 0 radical (unpaired) electrons. The third-order valence-corrected chi connectivity index (χ3v) is 3.79. The molecule has 0 N–H and O–H groups in total. The minimum absolute atomic E-state index is 0.190. The summed E-state index contributed by atoms with van der Waals surface area (Å²) in [5.41, 5.74) is -0.190. The van der Waals surface area contributed by atoms with Crippen LogP contribution in [0.5, 0.6) is 5.75 Å². The van der Waals surface area contributed by atoms with E-state index >= 15 is 0 Å². The highest BCUT2D eigenvalue weighted by atomic mass is 31.0. The van der Waals surface area contributed by atoms with Crippen LogP contribution in [0.25, 0.3) is 0 Å². The topological polar surface area (TPSA) is 21.7 Å². The van der Waals surface area contributed by atoms with Gasteiger partial charge < -0.3 is 14.4 Å². The lowest BCUT2D eigenvalue weighted by Gasteiger charge is -2.36. The molecule has 0 aliphatic carbocycles. The molecule has 0 amide bonds. The van der Waals surface area contributed by atoms with E-state index in [4.69, 9.17) is 9.47 Å². The summed E-state index contributed by atoms with van der Waals surface area (Å²) >= 11 is 0. The summed E-state index contributed by atoms with van der Waals surface area (Å²) in [6.07, 6.45) is 2.27. The van der Waals surface area contributed by atoms with Gasteiger partial charge in [0.05, 0.1) is 0 Å². The van der Waals surface area contributed by atoms with Crippen LogP contribution in [-0.4, -0.2) is 29.7 Å². The predicted octanol–water partition coefficient (Wildman–Crippen LogP) is 3.32. The maximum absolute atomic E-state index is 6.03. The van der Waals surface area contributed by atoms with Gasteiger partial charge in [-0.05, 0) is 44.8 Å². The molecule has 116 valence electrons. The Morgan fingerprint density at radius 1 is 1.19 bits per heavy atom. The zero-order valence-electron chi connectivity index (χ0n) is 13.3. The molecule has 1 saturated heterocycles. The molecule has 3 nitrogen and oxygen atoms in total. The summed E-state index contributed by atoms with van der Waals surface area (Å²) in [5, 5.41) is 1.17. The van der Waals surface area contributed by atoms with Gasteiger partial charge in [0.15, 0.2) is 5.88 Å². The Kier molecular flexibility index (Phi) is 5.16. The van der Waals surface area contributed by atoms with E-state index in [0.29, 0.717) is 0 Å². The molecule has 1 fully saturated rings. The van der Waals surface area contributed by atoms with Crippen LogP contribution in [0, 0.1) is 0 Å². The van der Waals surface area contributed by atoms with Crippen LogP contribution in [0.3, 0.4) is 0 Å². The van der Waals surface area contributed by atoms with Crippen LogP contribution in [0.1, 0.15) is 33.6 Å². The quantitative estimate of drug-likeness (QED) is 0.629. The first-order chi connectivity index (χ1) is 9.83. The van der Waals surface area contributed by atoms with Gasteiger partial charge in [-0.15, -0.1) is 9.24 Å². The van der Waals surface area contributed by atoms with Crippen LogP contribution in [0.15, 0.2) is 36.7 Å². The van der Waals surface area contributed by atoms with Crippen molar-refractivity contribution in [3.8, 4) is 5.75 Å². The fraction of sp³-hybridized carbons (Fsp3) is 0.529. The molecule has 1 atom stereocenters. The Hall–Kier alpha value is -1.21. The number of hydrogen-bond donors (Lipinski definition) is 0. The fourth-order valence-electron chi connectivity index (χ4n) is 2.38. The maximum atomic E-state index is 6.03. The van der Waals surface area contributed by atoms with Gasteiger partial charge in [0.25, 0.3) is 0 Å². The number of rotatable bonds is 4. The minimum atomic E-state index is -0.190. The van der Waals surface area contributed by atoms with Crippen LogP contribution in [-0.2, 0) is 4.74 Å². The number of likely N-dealkylation sites (tertiary alicyclic amines) is 1. The van der Waals surface area contributed by atoms with Crippen molar-refractivity contribution in [1.82, 2.24) is 4.90 Å². The van der Waals surface area contributed by atoms with E-state index < -0.39 is 0 Å². The molecule has 21 heavy (non-hydrogen) atoms. The van der Waals surface area contributed by atoms with Crippen molar-refractivity contribution in [2.24, 2.45) is 0 Å². The average molecular weight is 307 g/mol. The van der Waals surface area contributed by atoms with E-state index in [-0.39, 0.29) is 11.7 Å². The zero-order valence-corrected chi connectivity index (χ0v) is 14.4. The van der Waals surface area contributed by atoms with Gasteiger partial charge in [-0.2, -0.15) is 0 Å². The minimum Gasteiger partial charge on any atom is -0.490 e. The molecular formula is C17H26NO2P. The highest BCUT2D eigenvalue weighted by molar-refractivity contribution is 7.27. The Balaban J connectivity index is 1.80.